The number of hydrogen-bond acceptors (Lipinski definition) is 4. The maximum Gasteiger partial charge on any atom is 0.250 e. The molecule has 1 N–H and O–H groups in total. The number of benzene rings is 2. The summed E-state index contributed by atoms with van der Waals surface area (Å²) in [6.07, 6.45) is 1.99. The highest BCUT2D eigenvalue weighted by atomic mass is 32.2. The quantitative estimate of drug-likeness (QED) is 0.592. The number of hydrogen-bond donors (Lipinski definition) is 1. The molecule has 0 fully saturated rings. The Morgan fingerprint density at radius 1 is 0.905 bits per heavy atom. The molecule has 0 aliphatic heterocycles. The van der Waals surface area contributed by atoms with Crippen molar-refractivity contribution in [3.05, 3.63) is 75.0 Å². The van der Waals surface area contributed by atoms with E-state index < -0.39 is 10.9 Å². The van der Waals surface area contributed by atoms with Crippen LogP contribution in [0, 0.1) is 0 Å². The van der Waals surface area contributed by atoms with Crippen LogP contribution in [-0.2, 0) is 0 Å². The molecule has 3 nitrogen and oxygen atoms in total. The second-order valence-electron chi connectivity index (χ2n) is 4.63. The van der Waals surface area contributed by atoms with Gasteiger partial charge in [-0.05, 0) is 30.0 Å². The van der Waals surface area contributed by atoms with Gasteiger partial charge in [0.2, 0.25) is 5.43 Å². The molecule has 0 aliphatic rings. The average molecular weight is 295 g/mol. The van der Waals surface area contributed by atoms with Crippen LogP contribution in [-0.4, -0.2) is 6.26 Å². The molecule has 0 atom stereocenters. The molecule has 0 heterocycles. The van der Waals surface area contributed by atoms with Gasteiger partial charge in [-0.15, -0.1) is 11.8 Å². The van der Waals surface area contributed by atoms with Crippen molar-refractivity contribution in [3.63, 3.8) is 0 Å². The van der Waals surface area contributed by atoms with E-state index in [1.165, 1.54) is 0 Å². The van der Waals surface area contributed by atoms with Gasteiger partial charge in [0.25, 0.3) is 5.43 Å². The normalized spacial score (nSPS) is 10.7. The van der Waals surface area contributed by atoms with Crippen molar-refractivity contribution in [2.45, 2.75) is 4.90 Å². The first kappa shape index (κ1) is 13.6. The van der Waals surface area contributed by atoms with Crippen LogP contribution < -0.4 is 16.2 Å². The minimum Gasteiger partial charge on any atom is -0.352 e. The van der Waals surface area contributed by atoms with E-state index in [2.05, 4.69) is 5.32 Å². The SMILES string of the molecule is CSc1cccc(Nc2c(-c3ccccc3)c(=O)c2=O)c1. The zero-order chi connectivity index (χ0) is 14.8. The summed E-state index contributed by atoms with van der Waals surface area (Å²) in [5.74, 6) is 0. The molecule has 0 bridgehead atoms. The highest BCUT2D eigenvalue weighted by Crippen LogP contribution is 2.27. The lowest BCUT2D eigenvalue weighted by Crippen LogP contribution is -2.35. The topological polar surface area (TPSA) is 46.2 Å². The molecular formula is C17H13NO2S. The molecule has 3 aromatic rings. The maximum atomic E-state index is 11.8. The third-order valence-corrected chi connectivity index (χ3v) is 4.04. The van der Waals surface area contributed by atoms with Crippen LogP contribution in [0.2, 0.25) is 0 Å². The second-order valence-corrected chi connectivity index (χ2v) is 5.51. The van der Waals surface area contributed by atoms with Gasteiger partial charge in [-0.25, -0.2) is 0 Å². The van der Waals surface area contributed by atoms with E-state index in [1.807, 2.05) is 60.9 Å². The fraction of sp³-hybridized carbons (Fsp3) is 0.0588. The Labute approximate surface area is 126 Å². The minimum atomic E-state index is -0.455. The van der Waals surface area contributed by atoms with E-state index in [0.29, 0.717) is 11.3 Å². The first-order chi connectivity index (χ1) is 10.2. The minimum absolute atomic E-state index is 0.379. The van der Waals surface area contributed by atoms with Crippen LogP contribution in [0.3, 0.4) is 0 Å². The van der Waals surface area contributed by atoms with E-state index in [9.17, 15) is 9.59 Å². The van der Waals surface area contributed by atoms with Crippen LogP contribution in [0.15, 0.2) is 69.1 Å². The molecule has 0 aliphatic carbocycles. The Balaban J connectivity index is 1.99. The number of anilines is 2. The Hall–Kier alpha value is -2.33. The van der Waals surface area contributed by atoms with Crippen LogP contribution in [0.5, 0.6) is 0 Å². The van der Waals surface area contributed by atoms with Gasteiger partial charge in [0.05, 0.1) is 5.56 Å². The van der Waals surface area contributed by atoms with Crippen molar-refractivity contribution in [2.24, 2.45) is 0 Å². The Bertz CT molecular complexity index is 849. The predicted molar refractivity (Wildman–Crippen MR) is 88.3 cm³/mol. The van der Waals surface area contributed by atoms with Crippen molar-refractivity contribution in [2.75, 3.05) is 11.6 Å². The van der Waals surface area contributed by atoms with Gasteiger partial charge in [0, 0.05) is 10.6 Å². The van der Waals surface area contributed by atoms with Crippen molar-refractivity contribution in [3.8, 4) is 11.1 Å². The van der Waals surface area contributed by atoms with Gasteiger partial charge < -0.3 is 5.32 Å². The lowest BCUT2D eigenvalue weighted by molar-refractivity contribution is 1.36. The van der Waals surface area contributed by atoms with E-state index in [-0.39, 0.29) is 0 Å². The standard InChI is InChI=1S/C17H13NO2S/c1-21-13-9-5-8-12(10-13)18-15-14(16(19)17(15)20)11-6-3-2-4-7-11/h2-10,18H,1H3. The molecular weight excluding hydrogens is 282 g/mol. The fourth-order valence-corrected chi connectivity index (χ4v) is 2.70. The first-order valence-electron chi connectivity index (χ1n) is 6.50. The van der Waals surface area contributed by atoms with Crippen molar-refractivity contribution >= 4 is 23.1 Å². The summed E-state index contributed by atoms with van der Waals surface area (Å²) in [5, 5.41) is 3.08. The molecule has 3 aromatic carbocycles. The van der Waals surface area contributed by atoms with Crippen LogP contribution in [0.1, 0.15) is 0 Å². The number of rotatable bonds is 4. The number of thioether (sulfide) groups is 1. The number of nitrogens with one attached hydrogen (secondary N) is 1. The summed E-state index contributed by atoms with van der Waals surface area (Å²) in [7, 11) is 0. The summed E-state index contributed by atoms with van der Waals surface area (Å²) >= 11 is 1.63. The molecule has 0 saturated heterocycles. The van der Waals surface area contributed by atoms with E-state index in [1.54, 1.807) is 11.8 Å². The Kier molecular flexibility index (Phi) is 3.62. The zero-order valence-electron chi connectivity index (χ0n) is 11.4. The van der Waals surface area contributed by atoms with Gasteiger partial charge in [-0.2, -0.15) is 0 Å². The average Bonchev–Trinajstić information content (AvgIpc) is 2.55. The highest BCUT2D eigenvalue weighted by molar-refractivity contribution is 7.98. The summed E-state index contributed by atoms with van der Waals surface area (Å²) in [6.45, 7) is 0. The predicted octanol–water partition coefficient (Wildman–Crippen LogP) is 3.42. The van der Waals surface area contributed by atoms with Crippen molar-refractivity contribution in [1.82, 2.24) is 0 Å². The lowest BCUT2D eigenvalue weighted by Gasteiger charge is -2.13. The van der Waals surface area contributed by atoms with Gasteiger partial charge in [0.1, 0.15) is 5.69 Å². The van der Waals surface area contributed by atoms with Crippen LogP contribution >= 0.6 is 11.8 Å². The van der Waals surface area contributed by atoms with Gasteiger partial charge in [0.15, 0.2) is 0 Å². The fourth-order valence-electron chi connectivity index (χ4n) is 2.24. The molecule has 0 amide bonds. The lowest BCUT2D eigenvalue weighted by atomic mass is 9.98. The van der Waals surface area contributed by atoms with Crippen LogP contribution in [0.4, 0.5) is 11.4 Å². The van der Waals surface area contributed by atoms with Crippen molar-refractivity contribution in [1.29, 1.82) is 0 Å². The van der Waals surface area contributed by atoms with Gasteiger partial charge in [-0.1, -0.05) is 36.4 Å². The molecule has 3 rings (SSSR count). The van der Waals surface area contributed by atoms with E-state index in [0.717, 1.165) is 16.1 Å². The summed E-state index contributed by atoms with van der Waals surface area (Å²) in [5.41, 5.74) is 1.55. The largest absolute Gasteiger partial charge is 0.352 e. The second kappa shape index (κ2) is 5.58. The summed E-state index contributed by atoms with van der Waals surface area (Å²) in [4.78, 5) is 24.8. The Morgan fingerprint density at radius 3 is 2.38 bits per heavy atom. The monoisotopic (exact) mass is 295 g/mol. The molecule has 104 valence electrons. The van der Waals surface area contributed by atoms with Gasteiger partial charge in [-0.3, -0.25) is 9.59 Å². The van der Waals surface area contributed by atoms with E-state index >= 15 is 0 Å². The maximum absolute atomic E-state index is 11.8. The Morgan fingerprint density at radius 2 is 1.67 bits per heavy atom. The van der Waals surface area contributed by atoms with Gasteiger partial charge >= 0.3 is 0 Å². The highest BCUT2D eigenvalue weighted by Gasteiger charge is 2.22. The molecule has 0 saturated carbocycles. The first-order valence-corrected chi connectivity index (χ1v) is 7.73. The zero-order valence-corrected chi connectivity index (χ0v) is 12.2. The molecule has 0 radical (unpaired) electrons. The summed E-state index contributed by atoms with van der Waals surface area (Å²) < 4.78 is 0. The molecule has 0 spiro atoms. The smallest absolute Gasteiger partial charge is 0.250 e. The van der Waals surface area contributed by atoms with Crippen molar-refractivity contribution < 1.29 is 0 Å². The molecule has 21 heavy (non-hydrogen) atoms. The van der Waals surface area contributed by atoms with E-state index in [4.69, 9.17) is 0 Å². The molecule has 0 aromatic heterocycles. The molecule has 0 unspecified atom stereocenters. The summed E-state index contributed by atoms with van der Waals surface area (Å²) in [6, 6.07) is 17.0. The molecule has 4 heteroatoms. The van der Waals surface area contributed by atoms with Crippen LogP contribution in [0.25, 0.3) is 11.1 Å². The third kappa shape index (κ3) is 2.50. The third-order valence-electron chi connectivity index (χ3n) is 3.31.